The molecular weight excluding hydrogens is 376 g/mol. The molecule has 27 heavy (non-hydrogen) atoms. The van der Waals surface area contributed by atoms with Gasteiger partial charge in [0.25, 0.3) is 0 Å². The monoisotopic (exact) mass is 398 g/mol. The number of aromatic nitrogens is 3. The number of carbonyl (C=O) groups is 1. The molecule has 1 aromatic carbocycles. The molecule has 0 radical (unpaired) electrons. The lowest BCUT2D eigenvalue weighted by atomic mass is 10.2. The molecule has 0 saturated carbocycles. The molecule has 2 heterocycles. The molecule has 5 nitrogen and oxygen atoms in total. The number of amides is 1. The second-order valence-corrected chi connectivity index (χ2v) is 8.01. The average molecular weight is 399 g/mol. The van der Waals surface area contributed by atoms with Crippen LogP contribution in [0.4, 0.5) is 0 Å². The zero-order valence-electron chi connectivity index (χ0n) is 15.2. The third-order valence-corrected chi connectivity index (χ3v) is 5.85. The highest BCUT2D eigenvalue weighted by Gasteiger charge is 2.17. The first-order valence-corrected chi connectivity index (χ1v) is 10.5. The lowest BCUT2D eigenvalue weighted by Gasteiger charge is -2.20. The van der Waals surface area contributed by atoms with Gasteiger partial charge in [-0.2, -0.15) is 0 Å². The minimum Gasteiger partial charge on any atom is -0.333 e. The van der Waals surface area contributed by atoms with Gasteiger partial charge in [0.2, 0.25) is 5.91 Å². The van der Waals surface area contributed by atoms with Gasteiger partial charge in [0, 0.05) is 11.4 Å². The van der Waals surface area contributed by atoms with Crippen LogP contribution in [0, 0.1) is 6.92 Å². The number of hydrogen-bond acceptors (Lipinski definition) is 5. The summed E-state index contributed by atoms with van der Waals surface area (Å²) in [6, 6.07) is 14.2. The van der Waals surface area contributed by atoms with Crippen LogP contribution in [-0.4, -0.2) is 37.9 Å². The van der Waals surface area contributed by atoms with Crippen molar-refractivity contribution in [2.75, 3.05) is 12.3 Å². The standard InChI is InChI=1S/C20H22N4OS2/c1-3-11-23(14-18-10-7-12-26-18)19(25)15-27-20-22-21-16(2)24(20)13-17-8-5-4-6-9-17/h3-10,12H,1,11,13-15H2,2H3. The SMILES string of the molecule is C=CCN(Cc1cccs1)C(=O)CSc1nnc(C)n1Cc1ccccc1. The Morgan fingerprint density at radius 2 is 2.07 bits per heavy atom. The van der Waals surface area contributed by atoms with Crippen LogP contribution in [0.25, 0.3) is 0 Å². The smallest absolute Gasteiger partial charge is 0.233 e. The van der Waals surface area contributed by atoms with Gasteiger partial charge >= 0.3 is 0 Å². The third kappa shape index (κ3) is 5.30. The van der Waals surface area contributed by atoms with E-state index in [1.807, 2.05) is 52.1 Å². The molecule has 0 saturated heterocycles. The largest absolute Gasteiger partial charge is 0.333 e. The second kappa shape index (κ2) is 9.53. The predicted octanol–water partition coefficient (Wildman–Crippen LogP) is 4.00. The average Bonchev–Trinajstić information content (AvgIpc) is 3.31. The number of hydrogen-bond donors (Lipinski definition) is 0. The van der Waals surface area contributed by atoms with Crippen molar-refractivity contribution in [3.63, 3.8) is 0 Å². The zero-order valence-corrected chi connectivity index (χ0v) is 16.9. The van der Waals surface area contributed by atoms with Gasteiger partial charge in [0.1, 0.15) is 5.82 Å². The van der Waals surface area contributed by atoms with Crippen molar-refractivity contribution >= 4 is 29.0 Å². The van der Waals surface area contributed by atoms with Crippen LogP contribution < -0.4 is 0 Å². The number of nitrogens with zero attached hydrogens (tertiary/aromatic N) is 4. The number of thiophene rings is 1. The maximum Gasteiger partial charge on any atom is 0.233 e. The fourth-order valence-corrected chi connectivity index (χ4v) is 4.24. The Labute approximate surface area is 167 Å². The first-order valence-electron chi connectivity index (χ1n) is 8.65. The molecular formula is C20H22N4OS2. The molecule has 140 valence electrons. The number of carbonyl (C=O) groups excluding carboxylic acids is 1. The molecule has 0 aliphatic heterocycles. The van der Waals surface area contributed by atoms with Crippen LogP contribution in [-0.2, 0) is 17.9 Å². The van der Waals surface area contributed by atoms with Crippen molar-refractivity contribution in [3.8, 4) is 0 Å². The Morgan fingerprint density at radius 1 is 1.26 bits per heavy atom. The highest BCUT2D eigenvalue weighted by molar-refractivity contribution is 7.99. The van der Waals surface area contributed by atoms with Crippen LogP contribution in [0.15, 0.2) is 65.7 Å². The van der Waals surface area contributed by atoms with E-state index in [2.05, 4.69) is 28.9 Å². The van der Waals surface area contributed by atoms with Crippen molar-refractivity contribution in [3.05, 3.63) is 76.8 Å². The molecule has 0 aliphatic rings. The summed E-state index contributed by atoms with van der Waals surface area (Å²) >= 11 is 3.08. The minimum absolute atomic E-state index is 0.0696. The zero-order chi connectivity index (χ0) is 19.1. The summed E-state index contributed by atoms with van der Waals surface area (Å²) in [5.74, 6) is 1.24. The van der Waals surface area contributed by atoms with E-state index in [1.54, 1.807) is 17.4 Å². The topological polar surface area (TPSA) is 51.0 Å². The molecule has 0 N–H and O–H groups in total. The van der Waals surface area contributed by atoms with Gasteiger partial charge in [-0.1, -0.05) is 54.2 Å². The lowest BCUT2D eigenvalue weighted by molar-refractivity contribution is -0.128. The van der Waals surface area contributed by atoms with E-state index >= 15 is 0 Å². The maximum absolute atomic E-state index is 12.7. The van der Waals surface area contributed by atoms with Gasteiger partial charge in [-0.05, 0) is 23.9 Å². The minimum atomic E-state index is 0.0696. The molecule has 0 fully saturated rings. The summed E-state index contributed by atoms with van der Waals surface area (Å²) in [5.41, 5.74) is 1.18. The van der Waals surface area contributed by atoms with Crippen molar-refractivity contribution < 1.29 is 4.79 Å². The van der Waals surface area contributed by atoms with Gasteiger partial charge < -0.3 is 9.47 Å². The Balaban J connectivity index is 1.65. The molecule has 0 aliphatic carbocycles. The Morgan fingerprint density at radius 3 is 2.78 bits per heavy atom. The van der Waals surface area contributed by atoms with Crippen LogP contribution in [0.1, 0.15) is 16.3 Å². The summed E-state index contributed by atoms with van der Waals surface area (Å²) in [6.45, 7) is 7.55. The molecule has 0 unspecified atom stereocenters. The second-order valence-electron chi connectivity index (χ2n) is 6.03. The van der Waals surface area contributed by atoms with E-state index in [0.717, 1.165) is 11.0 Å². The van der Waals surface area contributed by atoms with Crippen molar-refractivity contribution in [1.82, 2.24) is 19.7 Å². The fraction of sp³-hybridized carbons (Fsp3) is 0.250. The van der Waals surface area contributed by atoms with Crippen LogP contribution in [0.5, 0.6) is 0 Å². The van der Waals surface area contributed by atoms with Crippen molar-refractivity contribution in [1.29, 1.82) is 0 Å². The highest BCUT2D eigenvalue weighted by Crippen LogP contribution is 2.20. The highest BCUT2D eigenvalue weighted by atomic mass is 32.2. The Bertz CT molecular complexity index is 875. The fourth-order valence-electron chi connectivity index (χ4n) is 2.63. The molecule has 7 heteroatoms. The molecule has 3 rings (SSSR count). The maximum atomic E-state index is 12.7. The normalized spacial score (nSPS) is 10.7. The van der Waals surface area contributed by atoms with Gasteiger partial charge in [-0.25, -0.2) is 0 Å². The summed E-state index contributed by atoms with van der Waals surface area (Å²) in [6.07, 6.45) is 1.76. The molecule has 3 aromatic rings. The van der Waals surface area contributed by atoms with E-state index in [9.17, 15) is 4.79 Å². The summed E-state index contributed by atoms with van der Waals surface area (Å²) in [7, 11) is 0. The molecule has 2 aromatic heterocycles. The quantitative estimate of drug-likeness (QED) is 0.404. The summed E-state index contributed by atoms with van der Waals surface area (Å²) < 4.78 is 2.05. The van der Waals surface area contributed by atoms with Gasteiger partial charge in [0.05, 0.1) is 18.8 Å². The van der Waals surface area contributed by atoms with Crippen LogP contribution in [0.2, 0.25) is 0 Å². The number of rotatable bonds is 9. The number of aryl methyl sites for hydroxylation is 1. The summed E-state index contributed by atoms with van der Waals surface area (Å²) in [5, 5.41) is 11.2. The number of benzene rings is 1. The first-order chi connectivity index (χ1) is 13.2. The van der Waals surface area contributed by atoms with E-state index in [0.29, 0.717) is 25.4 Å². The summed E-state index contributed by atoms with van der Waals surface area (Å²) in [4.78, 5) is 15.7. The molecule has 0 bridgehead atoms. The Hall–Kier alpha value is -2.38. The van der Waals surface area contributed by atoms with Gasteiger partial charge in [0.15, 0.2) is 5.16 Å². The lowest BCUT2D eigenvalue weighted by Crippen LogP contribution is -2.31. The molecule has 0 atom stereocenters. The number of thioether (sulfide) groups is 1. The predicted molar refractivity (Wildman–Crippen MR) is 111 cm³/mol. The first kappa shape index (κ1) is 19.4. The van der Waals surface area contributed by atoms with Crippen molar-refractivity contribution in [2.24, 2.45) is 0 Å². The van der Waals surface area contributed by atoms with Gasteiger partial charge in [-0.3, -0.25) is 4.79 Å². The van der Waals surface area contributed by atoms with Crippen LogP contribution >= 0.6 is 23.1 Å². The van der Waals surface area contributed by atoms with Crippen molar-refractivity contribution in [2.45, 2.75) is 25.2 Å². The molecule has 0 spiro atoms. The van der Waals surface area contributed by atoms with E-state index < -0.39 is 0 Å². The molecule has 1 amide bonds. The van der Waals surface area contributed by atoms with Gasteiger partial charge in [-0.15, -0.1) is 28.1 Å². The van der Waals surface area contributed by atoms with E-state index in [4.69, 9.17) is 0 Å². The third-order valence-electron chi connectivity index (χ3n) is 4.04. The van der Waals surface area contributed by atoms with Crippen LogP contribution in [0.3, 0.4) is 0 Å². The van der Waals surface area contributed by atoms with E-state index in [-0.39, 0.29) is 5.91 Å². The Kier molecular flexibility index (Phi) is 6.84. The van der Waals surface area contributed by atoms with E-state index in [1.165, 1.54) is 22.2 Å².